The van der Waals surface area contributed by atoms with Crippen molar-refractivity contribution < 1.29 is 23.1 Å². The molecule has 6 nitrogen and oxygen atoms in total. The summed E-state index contributed by atoms with van der Waals surface area (Å²) in [5.74, 6) is 0.246. The molecule has 1 amide bonds. The van der Waals surface area contributed by atoms with Gasteiger partial charge in [-0.25, -0.2) is 9.97 Å². The number of hydrogen-bond acceptors (Lipinski definition) is 5. The van der Waals surface area contributed by atoms with Crippen LogP contribution in [-0.2, 0) is 11.0 Å². The van der Waals surface area contributed by atoms with Gasteiger partial charge >= 0.3 is 6.18 Å². The molecule has 1 N–H and O–H groups in total. The lowest BCUT2D eigenvalue weighted by Crippen LogP contribution is -2.50. The first-order valence-electron chi connectivity index (χ1n) is 10.0. The average Bonchev–Trinajstić information content (AvgIpc) is 2.97. The molecule has 1 aliphatic carbocycles. The normalized spacial score (nSPS) is 31.0. The van der Waals surface area contributed by atoms with E-state index in [1.54, 1.807) is 4.90 Å². The molecule has 2 saturated heterocycles. The Morgan fingerprint density at radius 3 is 2.55 bits per heavy atom. The zero-order valence-corrected chi connectivity index (χ0v) is 16.7. The Labute approximate surface area is 172 Å². The summed E-state index contributed by atoms with van der Waals surface area (Å²) in [7, 11) is 0. The van der Waals surface area contributed by atoms with Crippen molar-refractivity contribution in [1.82, 2.24) is 14.9 Å². The zero-order chi connectivity index (χ0) is 20.8. The van der Waals surface area contributed by atoms with E-state index < -0.39 is 22.3 Å². The number of amides is 1. The summed E-state index contributed by atoms with van der Waals surface area (Å²) >= 11 is 5.76. The Kier molecular flexibility index (Phi) is 5.40. The lowest BCUT2D eigenvalue weighted by Gasteiger charge is -2.40. The number of carbonyl (C=O) groups is 1. The number of piperidine rings is 1. The van der Waals surface area contributed by atoms with Crippen molar-refractivity contribution >= 4 is 23.5 Å². The van der Waals surface area contributed by atoms with Crippen LogP contribution >= 0.6 is 11.6 Å². The van der Waals surface area contributed by atoms with Crippen LogP contribution in [0.25, 0.3) is 0 Å². The van der Waals surface area contributed by atoms with Crippen molar-refractivity contribution in [2.75, 3.05) is 24.5 Å². The molecule has 1 aromatic rings. The van der Waals surface area contributed by atoms with Crippen LogP contribution in [0, 0.1) is 5.41 Å². The standard InChI is InChI=1S/C19H24ClF3N4O2/c20-15-14(19(21,22)23)10-24-17(25-15)26-8-1-6-18(11-26)7-9-27(16(18)29)12-2-4-13(28)5-3-12/h10,12-13,28H,1-9,11H2/t12-,13-,18-/m1/s1. The molecule has 160 valence electrons. The highest BCUT2D eigenvalue weighted by Crippen LogP contribution is 2.43. The van der Waals surface area contributed by atoms with Crippen LogP contribution in [0.2, 0.25) is 5.15 Å². The molecule has 29 heavy (non-hydrogen) atoms. The summed E-state index contributed by atoms with van der Waals surface area (Å²) in [6.45, 7) is 1.65. The van der Waals surface area contributed by atoms with E-state index in [1.165, 1.54) is 0 Å². The first-order chi connectivity index (χ1) is 13.7. The van der Waals surface area contributed by atoms with Crippen molar-refractivity contribution in [3.8, 4) is 0 Å². The van der Waals surface area contributed by atoms with Gasteiger partial charge in [0.2, 0.25) is 11.9 Å². The molecule has 3 fully saturated rings. The molecule has 10 heteroatoms. The number of aliphatic hydroxyl groups excluding tert-OH is 1. The van der Waals surface area contributed by atoms with Crippen molar-refractivity contribution in [2.45, 2.75) is 63.3 Å². The third-order valence-corrected chi connectivity index (χ3v) is 6.84. The van der Waals surface area contributed by atoms with Crippen LogP contribution in [0.4, 0.5) is 19.1 Å². The molecule has 0 bridgehead atoms. The lowest BCUT2D eigenvalue weighted by atomic mass is 9.78. The van der Waals surface area contributed by atoms with Crippen molar-refractivity contribution in [2.24, 2.45) is 5.41 Å². The Balaban J connectivity index is 1.50. The summed E-state index contributed by atoms with van der Waals surface area (Å²) < 4.78 is 38.7. The van der Waals surface area contributed by atoms with E-state index in [2.05, 4.69) is 9.97 Å². The third-order valence-electron chi connectivity index (χ3n) is 6.55. The van der Waals surface area contributed by atoms with Crippen LogP contribution in [0.5, 0.6) is 0 Å². The fourth-order valence-corrected chi connectivity index (χ4v) is 5.17. The molecule has 3 aliphatic rings. The fraction of sp³-hybridized carbons (Fsp3) is 0.737. The van der Waals surface area contributed by atoms with E-state index in [9.17, 15) is 23.1 Å². The number of aliphatic hydroxyl groups is 1. The minimum Gasteiger partial charge on any atom is -0.393 e. The summed E-state index contributed by atoms with van der Waals surface area (Å²) in [6.07, 6.45) is 1.09. The second kappa shape index (κ2) is 7.58. The van der Waals surface area contributed by atoms with Gasteiger partial charge in [0.15, 0.2) is 0 Å². The molecule has 1 atom stereocenters. The zero-order valence-electron chi connectivity index (χ0n) is 16.0. The molecule has 3 heterocycles. The number of carbonyl (C=O) groups excluding carboxylic acids is 1. The number of likely N-dealkylation sites (tertiary alicyclic amines) is 1. The van der Waals surface area contributed by atoms with Gasteiger partial charge in [-0.15, -0.1) is 0 Å². The van der Waals surface area contributed by atoms with Gasteiger partial charge in [0.05, 0.1) is 11.5 Å². The minimum absolute atomic E-state index is 0.113. The monoisotopic (exact) mass is 432 g/mol. The van der Waals surface area contributed by atoms with Crippen LogP contribution in [0.15, 0.2) is 6.20 Å². The second-order valence-electron chi connectivity index (χ2n) is 8.39. The number of halogens is 4. The molecule has 1 spiro atoms. The van der Waals surface area contributed by atoms with Gasteiger partial charge in [-0.2, -0.15) is 13.2 Å². The van der Waals surface area contributed by atoms with Crippen LogP contribution in [0.1, 0.15) is 50.5 Å². The largest absolute Gasteiger partial charge is 0.420 e. The van der Waals surface area contributed by atoms with Crippen molar-refractivity contribution in [3.05, 3.63) is 16.9 Å². The maximum Gasteiger partial charge on any atom is 0.420 e. The predicted molar refractivity (Wildman–Crippen MR) is 101 cm³/mol. The van der Waals surface area contributed by atoms with Crippen molar-refractivity contribution in [1.29, 1.82) is 0 Å². The Bertz CT molecular complexity index is 785. The Morgan fingerprint density at radius 1 is 1.17 bits per heavy atom. The number of nitrogens with zero attached hydrogens (tertiary/aromatic N) is 4. The maximum atomic E-state index is 13.3. The average molecular weight is 433 g/mol. The van der Waals surface area contributed by atoms with E-state index in [1.807, 2.05) is 4.90 Å². The van der Waals surface area contributed by atoms with E-state index in [0.29, 0.717) is 38.7 Å². The summed E-state index contributed by atoms with van der Waals surface area (Å²) in [5.41, 5.74) is -1.61. The van der Waals surface area contributed by atoms with Gasteiger partial charge < -0.3 is 14.9 Å². The Hall–Kier alpha value is -1.61. The number of alkyl halides is 3. The molecule has 0 unspecified atom stereocenters. The highest BCUT2D eigenvalue weighted by molar-refractivity contribution is 6.30. The number of hydrogen-bond donors (Lipinski definition) is 1. The van der Waals surface area contributed by atoms with Gasteiger partial charge in [-0.1, -0.05) is 11.6 Å². The summed E-state index contributed by atoms with van der Waals surface area (Å²) in [6, 6.07) is 0.164. The molecule has 4 rings (SSSR count). The number of rotatable bonds is 2. The SMILES string of the molecule is O=C1N([C@H]2CC[C@H](O)CC2)CC[C@@]12CCCN(c1ncc(C(F)(F)F)c(Cl)n1)C2. The van der Waals surface area contributed by atoms with Crippen LogP contribution in [0.3, 0.4) is 0 Å². The molecular weight excluding hydrogens is 409 g/mol. The van der Waals surface area contributed by atoms with Crippen molar-refractivity contribution in [3.63, 3.8) is 0 Å². The Morgan fingerprint density at radius 2 is 1.90 bits per heavy atom. The molecular formula is C19H24ClF3N4O2. The molecule has 0 radical (unpaired) electrons. The van der Waals surface area contributed by atoms with Crippen LogP contribution in [-0.4, -0.2) is 57.7 Å². The quantitative estimate of drug-likeness (QED) is 0.726. The predicted octanol–water partition coefficient (Wildman–Crippen LogP) is 3.27. The molecule has 1 saturated carbocycles. The van der Waals surface area contributed by atoms with Gasteiger partial charge in [0.25, 0.3) is 0 Å². The highest BCUT2D eigenvalue weighted by atomic mass is 35.5. The first-order valence-corrected chi connectivity index (χ1v) is 10.4. The maximum absolute atomic E-state index is 13.3. The highest BCUT2D eigenvalue weighted by Gasteiger charge is 2.51. The summed E-state index contributed by atoms with van der Waals surface area (Å²) in [4.78, 5) is 24.8. The number of anilines is 1. The van der Waals surface area contributed by atoms with Gasteiger partial charge in [-0.3, -0.25) is 4.79 Å². The molecule has 0 aromatic carbocycles. The second-order valence-corrected chi connectivity index (χ2v) is 8.75. The van der Waals surface area contributed by atoms with E-state index >= 15 is 0 Å². The van der Waals surface area contributed by atoms with E-state index in [-0.39, 0.29) is 24.0 Å². The van der Waals surface area contributed by atoms with Gasteiger partial charge in [0, 0.05) is 31.9 Å². The fourth-order valence-electron chi connectivity index (χ4n) is 4.94. The molecule has 1 aromatic heterocycles. The molecule has 2 aliphatic heterocycles. The van der Waals surface area contributed by atoms with Crippen LogP contribution < -0.4 is 4.90 Å². The topological polar surface area (TPSA) is 69.6 Å². The lowest BCUT2D eigenvalue weighted by molar-refractivity contribution is -0.139. The number of aromatic nitrogens is 2. The smallest absolute Gasteiger partial charge is 0.393 e. The third kappa shape index (κ3) is 3.91. The minimum atomic E-state index is -4.60. The van der Waals surface area contributed by atoms with E-state index in [4.69, 9.17) is 11.6 Å². The first kappa shape index (κ1) is 20.7. The summed E-state index contributed by atoms with van der Waals surface area (Å²) in [5, 5.41) is 9.10. The van der Waals surface area contributed by atoms with E-state index in [0.717, 1.165) is 32.1 Å². The van der Waals surface area contributed by atoms with Gasteiger partial charge in [-0.05, 0) is 44.9 Å². The van der Waals surface area contributed by atoms with Gasteiger partial charge in [0.1, 0.15) is 10.7 Å².